The first-order valence-electron chi connectivity index (χ1n) is 7.17. The average Bonchev–Trinajstić information content (AvgIpc) is 2.38. The molecule has 0 radical (unpaired) electrons. The quantitative estimate of drug-likeness (QED) is 0.752. The van der Waals surface area contributed by atoms with E-state index in [4.69, 9.17) is 23.2 Å². The Morgan fingerprint density at radius 3 is 2.65 bits per heavy atom. The third-order valence-corrected chi connectivity index (χ3v) is 4.80. The number of halogens is 2. The third-order valence-electron chi connectivity index (χ3n) is 4.26. The summed E-state index contributed by atoms with van der Waals surface area (Å²) >= 11 is 12.0. The highest BCUT2D eigenvalue weighted by Crippen LogP contribution is 2.28. The highest BCUT2D eigenvalue weighted by molar-refractivity contribution is 6.36. The fourth-order valence-corrected chi connectivity index (χ4v) is 3.61. The lowest BCUT2D eigenvalue weighted by atomic mass is 9.85. The second kappa shape index (κ2) is 6.93. The molecule has 2 atom stereocenters. The molecule has 0 N–H and O–H groups in total. The molecule has 2 unspecified atom stereocenters. The van der Waals surface area contributed by atoms with Crippen LogP contribution in [-0.4, -0.2) is 30.3 Å². The van der Waals surface area contributed by atoms with Crippen LogP contribution in [0.2, 0.25) is 10.0 Å². The molecule has 1 saturated carbocycles. The van der Waals surface area contributed by atoms with Crippen LogP contribution in [0.1, 0.15) is 43.0 Å². The first-order chi connectivity index (χ1) is 9.49. The minimum absolute atomic E-state index is 0.0620. The Hall–Kier alpha value is -0.570. The maximum atomic E-state index is 12.4. The molecule has 2 nitrogen and oxygen atoms in total. The maximum Gasteiger partial charge on any atom is 0.178 e. The zero-order valence-corrected chi connectivity index (χ0v) is 13.5. The zero-order valence-electron chi connectivity index (χ0n) is 12.0. The fourth-order valence-electron chi connectivity index (χ4n) is 3.10. The lowest BCUT2D eigenvalue weighted by molar-refractivity contribution is 0.0851. The Morgan fingerprint density at radius 1 is 1.30 bits per heavy atom. The van der Waals surface area contributed by atoms with Crippen molar-refractivity contribution in [3.05, 3.63) is 33.8 Å². The van der Waals surface area contributed by atoms with Crippen LogP contribution in [0.4, 0.5) is 0 Å². The van der Waals surface area contributed by atoms with Gasteiger partial charge in [-0.3, -0.25) is 9.69 Å². The number of carbonyl (C=O) groups excluding carboxylic acids is 1. The van der Waals surface area contributed by atoms with Crippen LogP contribution < -0.4 is 0 Å². The van der Waals surface area contributed by atoms with Crippen LogP contribution in [0.15, 0.2) is 18.2 Å². The van der Waals surface area contributed by atoms with E-state index >= 15 is 0 Å². The van der Waals surface area contributed by atoms with Crippen molar-refractivity contribution < 1.29 is 4.79 Å². The highest BCUT2D eigenvalue weighted by atomic mass is 35.5. The van der Waals surface area contributed by atoms with Crippen molar-refractivity contribution in [2.24, 2.45) is 5.92 Å². The first kappa shape index (κ1) is 15.8. The van der Waals surface area contributed by atoms with E-state index in [1.54, 1.807) is 18.2 Å². The third kappa shape index (κ3) is 3.75. The molecule has 1 aliphatic rings. The van der Waals surface area contributed by atoms with Crippen molar-refractivity contribution in [3.8, 4) is 0 Å². The van der Waals surface area contributed by atoms with Gasteiger partial charge in [0, 0.05) is 16.6 Å². The monoisotopic (exact) mass is 313 g/mol. The molecule has 0 saturated heterocycles. The van der Waals surface area contributed by atoms with Gasteiger partial charge >= 0.3 is 0 Å². The maximum absolute atomic E-state index is 12.4. The molecule has 0 heterocycles. The minimum atomic E-state index is 0.0620. The molecule has 4 heteroatoms. The van der Waals surface area contributed by atoms with Gasteiger partial charge < -0.3 is 0 Å². The van der Waals surface area contributed by atoms with Gasteiger partial charge in [0.05, 0.1) is 11.6 Å². The Labute approximate surface area is 131 Å². The summed E-state index contributed by atoms with van der Waals surface area (Å²) < 4.78 is 0. The van der Waals surface area contributed by atoms with Gasteiger partial charge in [-0.05, 0) is 44.0 Å². The smallest absolute Gasteiger partial charge is 0.178 e. The van der Waals surface area contributed by atoms with Crippen molar-refractivity contribution in [2.75, 3.05) is 13.6 Å². The molecule has 1 aliphatic carbocycles. The molecule has 0 aromatic heterocycles. The van der Waals surface area contributed by atoms with Gasteiger partial charge in [0.2, 0.25) is 0 Å². The van der Waals surface area contributed by atoms with Crippen LogP contribution in [0.3, 0.4) is 0 Å². The highest BCUT2D eigenvalue weighted by Gasteiger charge is 2.26. The van der Waals surface area contributed by atoms with E-state index in [1.807, 2.05) is 7.05 Å². The number of benzene rings is 1. The lowest BCUT2D eigenvalue weighted by Gasteiger charge is -2.35. The van der Waals surface area contributed by atoms with E-state index in [-0.39, 0.29) is 5.78 Å². The molecule has 110 valence electrons. The van der Waals surface area contributed by atoms with Crippen LogP contribution in [-0.2, 0) is 0 Å². The summed E-state index contributed by atoms with van der Waals surface area (Å²) in [6.45, 7) is 2.69. The van der Waals surface area contributed by atoms with Crippen LogP contribution >= 0.6 is 23.2 Å². The normalized spacial score (nSPS) is 23.1. The summed E-state index contributed by atoms with van der Waals surface area (Å²) in [5, 5.41) is 0.994. The van der Waals surface area contributed by atoms with Gasteiger partial charge in [0.15, 0.2) is 5.78 Å². The molecule has 0 aliphatic heterocycles. The Balaban J connectivity index is 2.03. The molecule has 0 bridgehead atoms. The molecule has 0 amide bonds. The first-order valence-corrected chi connectivity index (χ1v) is 7.93. The summed E-state index contributed by atoms with van der Waals surface area (Å²) in [6.07, 6.45) is 5.00. The number of nitrogens with zero attached hydrogens (tertiary/aromatic N) is 1. The van der Waals surface area contributed by atoms with Gasteiger partial charge in [-0.2, -0.15) is 0 Å². The molecule has 1 aromatic carbocycles. The van der Waals surface area contributed by atoms with E-state index in [0.717, 1.165) is 0 Å². The second-order valence-electron chi connectivity index (χ2n) is 5.79. The summed E-state index contributed by atoms with van der Waals surface area (Å²) in [5.41, 5.74) is 0.561. The van der Waals surface area contributed by atoms with Crippen molar-refractivity contribution in [1.29, 1.82) is 0 Å². The van der Waals surface area contributed by atoms with Crippen molar-refractivity contribution >= 4 is 29.0 Å². The number of rotatable bonds is 4. The van der Waals surface area contributed by atoms with Gasteiger partial charge in [-0.25, -0.2) is 0 Å². The van der Waals surface area contributed by atoms with Crippen molar-refractivity contribution in [1.82, 2.24) is 4.90 Å². The van der Waals surface area contributed by atoms with Gasteiger partial charge in [0.25, 0.3) is 0 Å². The molecule has 1 fully saturated rings. The molecule has 20 heavy (non-hydrogen) atoms. The second-order valence-corrected chi connectivity index (χ2v) is 6.64. The van der Waals surface area contributed by atoms with E-state index in [1.165, 1.54) is 25.7 Å². The predicted octanol–water partition coefficient (Wildman–Crippen LogP) is 4.69. The van der Waals surface area contributed by atoms with Crippen molar-refractivity contribution in [2.45, 2.75) is 38.6 Å². The summed E-state index contributed by atoms with van der Waals surface area (Å²) in [6, 6.07) is 5.55. The molecular formula is C16H21Cl2NO. The van der Waals surface area contributed by atoms with Gasteiger partial charge in [0.1, 0.15) is 0 Å². The number of likely N-dealkylation sites (N-methyl/N-ethyl adjacent to an activating group) is 1. The Morgan fingerprint density at radius 2 is 2.00 bits per heavy atom. The number of ketones is 1. The van der Waals surface area contributed by atoms with Crippen LogP contribution in [0.25, 0.3) is 0 Å². The van der Waals surface area contributed by atoms with E-state index in [2.05, 4.69) is 11.8 Å². The largest absolute Gasteiger partial charge is 0.296 e. The number of hydrogen-bond acceptors (Lipinski definition) is 2. The molecule has 2 rings (SSSR count). The molecule has 0 spiro atoms. The summed E-state index contributed by atoms with van der Waals surface area (Å²) in [7, 11) is 2.04. The fraction of sp³-hybridized carbons (Fsp3) is 0.562. The average molecular weight is 314 g/mol. The number of Topliss-reactive ketones (excluding diaryl/α,β-unsaturated/α-hetero) is 1. The Bertz CT molecular complexity index is 489. The lowest BCUT2D eigenvalue weighted by Crippen LogP contribution is -2.41. The van der Waals surface area contributed by atoms with E-state index < -0.39 is 0 Å². The van der Waals surface area contributed by atoms with Crippen molar-refractivity contribution in [3.63, 3.8) is 0 Å². The van der Waals surface area contributed by atoms with E-state index in [0.29, 0.717) is 34.1 Å². The SMILES string of the molecule is CC1CCCCC1N(C)CC(=O)c1ccc(Cl)cc1Cl. The minimum Gasteiger partial charge on any atom is -0.296 e. The molecule has 1 aromatic rings. The topological polar surface area (TPSA) is 20.3 Å². The predicted molar refractivity (Wildman–Crippen MR) is 84.8 cm³/mol. The van der Waals surface area contributed by atoms with Gasteiger partial charge in [-0.1, -0.05) is 43.0 Å². The standard InChI is InChI=1S/C16H21Cl2NO/c1-11-5-3-4-6-15(11)19(2)10-16(20)13-8-7-12(17)9-14(13)18/h7-9,11,15H,3-6,10H2,1-2H3. The zero-order chi connectivity index (χ0) is 14.7. The number of hydrogen-bond donors (Lipinski definition) is 0. The molecular weight excluding hydrogens is 293 g/mol. The summed E-state index contributed by atoms with van der Waals surface area (Å²) in [4.78, 5) is 14.5. The van der Waals surface area contributed by atoms with Crippen LogP contribution in [0, 0.1) is 5.92 Å². The summed E-state index contributed by atoms with van der Waals surface area (Å²) in [5.74, 6) is 0.717. The number of carbonyl (C=O) groups is 1. The van der Waals surface area contributed by atoms with Gasteiger partial charge in [-0.15, -0.1) is 0 Å². The van der Waals surface area contributed by atoms with Crippen LogP contribution in [0.5, 0.6) is 0 Å². The Kier molecular flexibility index (Phi) is 5.48. The van der Waals surface area contributed by atoms with E-state index in [9.17, 15) is 4.79 Å².